The lowest BCUT2D eigenvalue weighted by Gasteiger charge is -2.03. The molecule has 0 aliphatic heterocycles. The summed E-state index contributed by atoms with van der Waals surface area (Å²) in [6.07, 6.45) is 0.0575. The van der Waals surface area contributed by atoms with Gasteiger partial charge in [-0.3, -0.25) is 0 Å². The quantitative estimate of drug-likeness (QED) is 0.230. The summed E-state index contributed by atoms with van der Waals surface area (Å²) in [6, 6.07) is 0. The SMILES string of the molecule is C=C(C)C(=O)OCCCS(=O)(=O)OO. The molecule has 0 saturated carbocycles. The summed E-state index contributed by atoms with van der Waals surface area (Å²) in [6.45, 7) is 4.76. The van der Waals surface area contributed by atoms with Gasteiger partial charge in [-0.25, -0.2) is 10.1 Å². The first-order chi connectivity index (χ1) is 6.39. The molecular weight excluding hydrogens is 212 g/mol. The summed E-state index contributed by atoms with van der Waals surface area (Å²) in [5.74, 6) is -0.986. The van der Waals surface area contributed by atoms with Crippen molar-refractivity contribution >= 4 is 16.1 Å². The van der Waals surface area contributed by atoms with E-state index >= 15 is 0 Å². The van der Waals surface area contributed by atoms with Crippen molar-refractivity contribution in [1.29, 1.82) is 0 Å². The van der Waals surface area contributed by atoms with Gasteiger partial charge >= 0.3 is 5.97 Å². The Morgan fingerprint density at radius 2 is 2.07 bits per heavy atom. The Morgan fingerprint density at radius 3 is 2.50 bits per heavy atom. The minimum Gasteiger partial charge on any atom is -0.462 e. The fraction of sp³-hybridized carbons (Fsp3) is 0.571. The highest BCUT2D eigenvalue weighted by Gasteiger charge is 2.10. The molecular formula is C7H12O6S. The molecule has 0 aromatic rings. The van der Waals surface area contributed by atoms with E-state index in [9.17, 15) is 13.2 Å². The Balaban J connectivity index is 3.68. The van der Waals surface area contributed by atoms with E-state index in [1.54, 1.807) is 0 Å². The van der Waals surface area contributed by atoms with E-state index in [0.717, 1.165) is 0 Å². The van der Waals surface area contributed by atoms with Gasteiger partial charge in [-0.1, -0.05) is 6.58 Å². The van der Waals surface area contributed by atoms with Gasteiger partial charge < -0.3 is 4.74 Å². The second kappa shape index (κ2) is 5.74. The Labute approximate surface area is 82.2 Å². The Hall–Kier alpha value is -0.920. The van der Waals surface area contributed by atoms with Crippen molar-refractivity contribution in [3.63, 3.8) is 0 Å². The molecule has 0 amide bonds. The van der Waals surface area contributed by atoms with E-state index in [4.69, 9.17) is 5.26 Å². The van der Waals surface area contributed by atoms with Crippen LogP contribution in [0.1, 0.15) is 13.3 Å². The molecule has 1 N–H and O–H groups in total. The van der Waals surface area contributed by atoms with Crippen molar-refractivity contribution in [2.45, 2.75) is 13.3 Å². The van der Waals surface area contributed by atoms with Crippen LogP contribution in [0.5, 0.6) is 0 Å². The predicted molar refractivity (Wildman–Crippen MR) is 47.9 cm³/mol. The summed E-state index contributed by atoms with van der Waals surface area (Å²) in [5.41, 5.74) is 0.242. The molecule has 0 fully saturated rings. The van der Waals surface area contributed by atoms with Crippen molar-refractivity contribution in [2.24, 2.45) is 0 Å². The third-order valence-corrected chi connectivity index (χ3v) is 2.25. The first kappa shape index (κ1) is 13.1. The Morgan fingerprint density at radius 1 is 1.50 bits per heavy atom. The van der Waals surface area contributed by atoms with E-state index in [1.165, 1.54) is 6.92 Å². The number of hydrogen-bond donors (Lipinski definition) is 1. The molecule has 0 aromatic heterocycles. The maximum atomic E-state index is 10.8. The monoisotopic (exact) mass is 224 g/mol. The van der Waals surface area contributed by atoms with Crippen molar-refractivity contribution in [2.75, 3.05) is 12.4 Å². The minimum absolute atomic E-state index is 0.0575. The van der Waals surface area contributed by atoms with Gasteiger partial charge in [0.2, 0.25) is 0 Å². The number of hydrogen-bond acceptors (Lipinski definition) is 6. The summed E-state index contributed by atoms with van der Waals surface area (Å²) in [7, 11) is -3.90. The van der Waals surface area contributed by atoms with E-state index in [0.29, 0.717) is 0 Å². The van der Waals surface area contributed by atoms with E-state index in [2.05, 4.69) is 15.6 Å². The maximum absolute atomic E-state index is 10.8. The normalized spacial score (nSPS) is 11.0. The Kier molecular flexibility index (Phi) is 5.36. The number of carbonyl (C=O) groups excluding carboxylic acids is 1. The Bertz CT molecular complexity index is 304. The van der Waals surface area contributed by atoms with Gasteiger partial charge in [0.25, 0.3) is 10.1 Å². The van der Waals surface area contributed by atoms with Gasteiger partial charge in [-0.15, -0.1) is 4.33 Å². The molecule has 0 saturated heterocycles. The van der Waals surface area contributed by atoms with Crippen molar-refractivity contribution in [3.8, 4) is 0 Å². The van der Waals surface area contributed by atoms with Crippen LogP contribution in [-0.2, 0) is 24.0 Å². The lowest BCUT2D eigenvalue weighted by atomic mass is 10.4. The van der Waals surface area contributed by atoms with Crippen LogP contribution >= 0.6 is 0 Å². The van der Waals surface area contributed by atoms with Gasteiger partial charge in [0.15, 0.2) is 0 Å². The minimum atomic E-state index is -3.90. The van der Waals surface area contributed by atoms with E-state index in [1.807, 2.05) is 0 Å². The highest BCUT2D eigenvalue weighted by molar-refractivity contribution is 7.86. The molecule has 0 aliphatic carbocycles. The van der Waals surface area contributed by atoms with Crippen LogP contribution in [0.25, 0.3) is 0 Å². The van der Waals surface area contributed by atoms with Gasteiger partial charge in [0.05, 0.1) is 12.4 Å². The molecule has 0 aliphatic rings. The number of carbonyl (C=O) groups is 1. The molecule has 0 heterocycles. The topological polar surface area (TPSA) is 89.9 Å². The van der Waals surface area contributed by atoms with E-state index in [-0.39, 0.29) is 18.6 Å². The number of esters is 1. The fourth-order valence-corrected chi connectivity index (χ4v) is 1.11. The van der Waals surface area contributed by atoms with Crippen LogP contribution in [0.3, 0.4) is 0 Å². The van der Waals surface area contributed by atoms with Crippen LogP contribution in [0.4, 0.5) is 0 Å². The van der Waals surface area contributed by atoms with Crippen LogP contribution in [0, 0.1) is 0 Å². The summed E-state index contributed by atoms with van der Waals surface area (Å²) >= 11 is 0. The van der Waals surface area contributed by atoms with Crippen molar-refractivity contribution in [1.82, 2.24) is 0 Å². The molecule has 0 spiro atoms. The highest BCUT2D eigenvalue weighted by Crippen LogP contribution is 1.97. The molecule has 0 bridgehead atoms. The lowest BCUT2D eigenvalue weighted by Crippen LogP contribution is -2.12. The zero-order chi connectivity index (χ0) is 11.2. The second-order valence-corrected chi connectivity index (χ2v) is 4.28. The second-order valence-electron chi connectivity index (χ2n) is 2.61. The molecule has 0 atom stereocenters. The lowest BCUT2D eigenvalue weighted by molar-refractivity contribution is -0.139. The predicted octanol–water partition coefficient (Wildman–Crippen LogP) is 0.315. The smallest absolute Gasteiger partial charge is 0.333 e. The summed E-state index contributed by atoms with van der Waals surface area (Å²) < 4.78 is 28.9. The van der Waals surface area contributed by atoms with Crippen LogP contribution < -0.4 is 0 Å². The third-order valence-electron chi connectivity index (χ3n) is 1.23. The average molecular weight is 224 g/mol. The average Bonchev–Trinajstić information content (AvgIpc) is 2.12. The third kappa shape index (κ3) is 5.68. The molecule has 14 heavy (non-hydrogen) atoms. The van der Waals surface area contributed by atoms with Gasteiger partial charge in [-0.05, 0) is 13.3 Å². The van der Waals surface area contributed by atoms with Crippen molar-refractivity contribution < 1.29 is 27.5 Å². The molecule has 82 valence electrons. The molecule has 6 nitrogen and oxygen atoms in total. The van der Waals surface area contributed by atoms with Crippen LogP contribution in [0.2, 0.25) is 0 Å². The molecule has 0 radical (unpaired) electrons. The van der Waals surface area contributed by atoms with Crippen LogP contribution in [-0.4, -0.2) is 32.0 Å². The number of rotatable bonds is 6. The van der Waals surface area contributed by atoms with Gasteiger partial charge in [0, 0.05) is 5.57 Å². The van der Waals surface area contributed by atoms with Gasteiger partial charge in [-0.2, -0.15) is 8.42 Å². The fourth-order valence-electron chi connectivity index (χ4n) is 0.561. The molecule has 0 rings (SSSR count). The van der Waals surface area contributed by atoms with Crippen LogP contribution in [0.15, 0.2) is 12.2 Å². The zero-order valence-electron chi connectivity index (χ0n) is 7.73. The zero-order valence-corrected chi connectivity index (χ0v) is 8.54. The van der Waals surface area contributed by atoms with E-state index < -0.39 is 21.8 Å². The molecule has 7 heteroatoms. The molecule has 0 unspecified atom stereocenters. The first-order valence-corrected chi connectivity index (χ1v) is 5.35. The first-order valence-electron chi connectivity index (χ1n) is 3.77. The largest absolute Gasteiger partial charge is 0.462 e. The number of ether oxygens (including phenoxy) is 1. The maximum Gasteiger partial charge on any atom is 0.333 e. The highest BCUT2D eigenvalue weighted by atomic mass is 32.2. The molecule has 0 aromatic carbocycles. The van der Waals surface area contributed by atoms with Crippen molar-refractivity contribution in [3.05, 3.63) is 12.2 Å². The summed E-state index contributed by atoms with van der Waals surface area (Å²) in [4.78, 5) is 10.8. The summed E-state index contributed by atoms with van der Waals surface area (Å²) in [5, 5.41) is 7.88. The van der Waals surface area contributed by atoms with Gasteiger partial charge in [0.1, 0.15) is 0 Å². The standard InChI is InChI=1S/C7H12O6S/c1-6(2)7(8)12-4-3-5-14(10,11)13-9/h9H,1,3-5H2,2H3.